The molecule has 0 spiro atoms. The molecule has 0 aliphatic rings. The molecule has 0 amide bonds. The first kappa shape index (κ1) is 24.9. The molecule has 10 heteroatoms. The molecule has 0 unspecified atom stereocenters. The minimum Gasteiger partial charge on any atom is -0.493 e. The summed E-state index contributed by atoms with van der Waals surface area (Å²) in [7, 11) is -2.36. The van der Waals surface area contributed by atoms with Gasteiger partial charge in [-0.15, -0.1) is 0 Å². The van der Waals surface area contributed by atoms with Crippen molar-refractivity contribution in [2.24, 2.45) is 7.05 Å². The molecular formula is C26H22F2N2O5S. The van der Waals surface area contributed by atoms with Crippen molar-refractivity contribution in [3.63, 3.8) is 0 Å². The Hall–Kier alpha value is -4.18. The SMILES string of the molecule is CCOc1cc(=O)n(C)cc1-c1cc(NS(=O)(=O)c2ccccc2)ccc1Oc1ccc(F)cc1F. The topological polar surface area (TPSA) is 86.6 Å². The van der Waals surface area contributed by atoms with Crippen LogP contribution in [0.3, 0.4) is 0 Å². The molecule has 4 aromatic rings. The van der Waals surface area contributed by atoms with Gasteiger partial charge in [0.15, 0.2) is 11.6 Å². The van der Waals surface area contributed by atoms with Crippen molar-refractivity contribution in [3.05, 3.63) is 101 Å². The van der Waals surface area contributed by atoms with Crippen LogP contribution in [0.2, 0.25) is 0 Å². The van der Waals surface area contributed by atoms with Crippen LogP contribution in [0.1, 0.15) is 6.92 Å². The van der Waals surface area contributed by atoms with Gasteiger partial charge in [0.25, 0.3) is 15.6 Å². The molecule has 0 aliphatic carbocycles. The van der Waals surface area contributed by atoms with E-state index in [2.05, 4.69) is 4.72 Å². The Morgan fingerprint density at radius 2 is 1.61 bits per heavy atom. The largest absolute Gasteiger partial charge is 0.493 e. The van der Waals surface area contributed by atoms with Crippen LogP contribution in [0.15, 0.2) is 88.7 Å². The molecule has 3 aromatic carbocycles. The Bertz CT molecular complexity index is 1570. The number of aromatic nitrogens is 1. The summed E-state index contributed by atoms with van der Waals surface area (Å²) in [5.41, 5.74) is 0.579. The zero-order valence-electron chi connectivity index (χ0n) is 19.4. The highest BCUT2D eigenvalue weighted by Gasteiger charge is 2.19. The van der Waals surface area contributed by atoms with Crippen LogP contribution in [0.25, 0.3) is 11.1 Å². The molecule has 36 heavy (non-hydrogen) atoms. The number of hydrogen-bond acceptors (Lipinski definition) is 5. The first-order valence-electron chi connectivity index (χ1n) is 10.9. The van der Waals surface area contributed by atoms with Gasteiger partial charge in [-0.1, -0.05) is 18.2 Å². The highest BCUT2D eigenvalue weighted by Crippen LogP contribution is 2.40. The number of sulfonamides is 1. The molecule has 0 atom stereocenters. The summed E-state index contributed by atoms with van der Waals surface area (Å²) >= 11 is 0. The lowest BCUT2D eigenvalue weighted by Crippen LogP contribution is -2.16. The van der Waals surface area contributed by atoms with Crippen molar-refractivity contribution in [2.45, 2.75) is 11.8 Å². The van der Waals surface area contributed by atoms with Crippen molar-refractivity contribution >= 4 is 15.7 Å². The van der Waals surface area contributed by atoms with Gasteiger partial charge in [0.05, 0.1) is 11.5 Å². The maximum Gasteiger partial charge on any atom is 0.261 e. The van der Waals surface area contributed by atoms with E-state index in [0.29, 0.717) is 17.2 Å². The van der Waals surface area contributed by atoms with E-state index < -0.39 is 21.7 Å². The molecule has 4 rings (SSSR count). The van der Waals surface area contributed by atoms with E-state index in [4.69, 9.17) is 9.47 Å². The van der Waals surface area contributed by atoms with Crippen molar-refractivity contribution in [1.82, 2.24) is 4.57 Å². The highest BCUT2D eigenvalue weighted by atomic mass is 32.2. The summed E-state index contributed by atoms with van der Waals surface area (Å²) in [4.78, 5) is 12.3. The van der Waals surface area contributed by atoms with E-state index in [0.717, 1.165) is 12.1 Å². The van der Waals surface area contributed by atoms with Crippen LogP contribution in [0.5, 0.6) is 17.2 Å². The van der Waals surface area contributed by atoms with Gasteiger partial charge in [-0.2, -0.15) is 0 Å². The van der Waals surface area contributed by atoms with E-state index in [1.165, 1.54) is 47.2 Å². The van der Waals surface area contributed by atoms with Gasteiger partial charge in [0.2, 0.25) is 0 Å². The molecule has 1 heterocycles. The Morgan fingerprint density at radius 1 is 0.889 bits per heavy atom. The van der Waals surface area contributed by atoms with Crippen LogP contribution in [-0.4, -0.2) is 19.6 Å². The number of anilines is 1. The first-order chi connectivity index (χ1) is 17.2. The summed E-state index contributed by atoms with van der Waals surface area (Å²) in [6, 6.07) is 16.4. The molecule has 186 valence electrons. The lowest BCUT2D eigenvalue weighted by atomic mass is 10.0. The lowest BCUT2D eigenvalue weighted by molar-refractivity contribution is 0.340. The number of benzene rings is 3. The fraction of sp³-hybridized carbons (Fsp3) is 0.115. The number of hydrogen-bond donors (Lipinski definition) is 1. The minimum atomic E-state index is -3.91. The van der Waals surface area contributed by atoms with E-state index >= 15 is 0 Å². The standard InChI is InChI=1S/C26H22F2N2O5S/c1-3-34-25-15-26(31)30(2)16-21(25)20-14-18(29-36(32,33)19-7-5-4-6-8-19)10-12-23(20)35-24-11-9-17(27)13-22(24)28/h4-16,29H,3H2,1-2H3. The molecule has 0 radical (unpaired) electrons. The highest BCUT2D eigenvalue weighted by molar-refractivity contribution is 7.92. The Morgan fingerprint density at radius 3 is 2.31 bits per heavy atom. The second-order valence-electron chi connectivity index (χ2n) is 7.74. The number of ether oxygens (including phenoxy) is 2. The Kier molecular flexibility index (Phi) is 7.07. The normalized spacial score (nSPS) is 11.2. The zero-order chi connectivity index (χ0) is 25.9. The fourth-order valence-electron chi connectivity index (χ4n) is 3.47. The van der Waals surface area contributed by atoms with Crippen molar-refractivity contribution < 1.29 is 26.7 Å². The third kappa shape index (κ3) is 5.38. The summed E-state index contributed by atoms with van der Waals surface area (Å²) < 4.78 is 68.7. The zero-order valence-corrected chi connectivity index (χ0v) is 20.2. The first-order valence-corrected chi connectivity index (χ1v) is 12.3. The van der Waals surface area contributed by atoms with Gasteiger partial charge in [-0.3, -0.25) is 9.52 Å². The fourth-order valence-corrected chi connectivity index (χ4v) is 4.54. The number of nitrogens with zero attached hydrogens (tertiary/aromatic N) is 1. The third-order valence-corrected chi connectivity index (χ3v) is 6.58. The maximum atomic E-state index is 14.3. The van der Waals surface area contributed by atoms with Crippen LogP contribution in [0, 0.1) is 11.6 Å². The van der Waals surface area contributed by atoms with Crippen molar-refractivity contribution in [2.75, 3.05) is 11.3 Å². The summed E-state index contributed by atoms with van der Waals surface area (Å²) in [6.07, 6.45) is 1.51. The van der Waals surface area contributed by atoms with Gasteiger partial charge < -0.3 is 14.0 Å². The van der Waals surface area contributed by atoms with Crippen molar-refractivity contribution in [3.8, 4) is 28.4 Å². The smallest absolute Gasteiger partial charge is 0.261 e. The minimum absolute atomic E-state index is 0.0670. The van der Waals surface area contributed by atoms with Gasteiger partial charge >= 0.3 is 0 Å². The monoisotopic (exact) mass is 512 g/mol. The van der Waals surface area contributed by atoms with Crippen LogP contribution < -0.4 is 19.8 Å². The second kappa shape index (κ2) is 10.2. The quantitative estimate of drug-likeness (QED) is 0.345. The van der Waals surface area contributed by atoms with Gasteiger partial charge in [-0.05, 0) is 49.4 Å². The molecule has 0 fully saturated rings. The lowest BCUT2D eigenvalue weighted by Gasteiger charge is -2.17. The van der Waals surface area contributed by atoms with E-state index in [9.17, 15) is 22.0 Å². The Balaban J connectivity index is 1.86. The van der Waals surface area contributed by atoms with Crippen LogP contribution >= 0.6 is 0 Å². The molecule has 0 saturated carbocycles. The average molecular weight is 513 g/mol. The van der Waals surface area contributed by atoms with E-state index in [-0.39, 0.29) is 40.0 Å². The maximum absolute atomic E-state index is 14.3. The van der Waals surface area contributed by atoms with Crippen LogP contribution in [0.4, 0.5) is 14.5 Å². The molecular weight excluding hydrogens is 490 g/mol. The molecule has 0 aliphatic heterocycles. The number of halogens is 2. The predicted molar refractivity (Wildman–Crippen MR) is 132 cm³/mol. The number of aryl methyl sites for hydroxylation is 1. The number of pyridine rings is 1. The van der Waals surface area contributed by atoms with Crippen molar-refractivity contribution in [1.29, 1.82) is 0 Å². The summed E-state index contributed by atoms with van der Waals surface area (Å²) in [5.74, 6) is -1.56. The molecule has 0 bridgehead atoms. The number of nitrogens with one attached hydrogen (secondary N) is 1. The molecule has 7 nitrogen and oxygen atoms in total. The Labute approximate surface area is 206 Å². The van der Waals surface area contributed by atoms with Gasteiger partial charge in [0.1, 0.15) is 17.3 Å². The third-order valence-electron chi connectivity index (χ3n) is 5.18. The predicted octanol–water partition coefficient (Wildman–Crippen LogP) is 5.32. The second-order valence-corrected chi connectivity index (χ2v) is 9.42. The molecule has 1 aromatic heterocycles. The van der Waals surface area contributed by atoms with E-state index in [1.807, 2.05) is 0 Å². The molecule has 1 N–H and O–H groups in total. The van der Waals surface area contributed by atoms with Gasteiger partial charge in [0, 0.05) is 42.2 Å². The van der Waals surface area contributed by atoms with Gasteiger partial charge in [-0.25, -0.2) is 17.2 Å². The average Bonchev–Trinajstić information content (AvgIpc) is 2.84. The summed E-state index contributed by atoms with van der Waals surface area (Å²) in [5, 5.41) is 0. The van der Waals surface area contributed by atoms with Crippen LogP contribution in [-0.2, 0) is 17.1 Å². The molecule has 0 saturated heterocycles. The summed E-state index contributed by atoms with van der Waals surface area (Å²) in [6.45, 7) is 2.00. The number of rotatable bonds is 8. The van der Waals surface area contributed by atoms with E-state index in [1.54, 1.807) is 32.2 Å².